The Hall–Kier alpha value is -1.67. The molecule has 0 aliphatic rings. The quantitative estimate of drug-likeness (QED) is 0.840. The van der Waals surface area contributed by atoms with E-state index in [0.717, 1.165) is 11.3 Å². The van der Waals surface area contributed by atoms with Crippen molar-refractivity contribution < 1.29 is 5.11 Å². The topological polar surface area (TPSA) is 32.3 Å². The highest BCUT2D eigenvalue weighted by Gasteiger charge is 2.11. The molecule has 2 rings (SSSR count). The molecule has 2 aromatic rings. The Morgan fingerprint density at radius 2 is 1.79 bits per heavy atom. The molecule has 3 heteroatoms. The van der Waals surface area contributed by atoms with Crippen molar-refractivity contribution in [2.24, 2.45) is 0 Å². The van der Waals surface area contributed by atoms with Crippen molar-refractivity contribution in [3.63, 3.8) is 0 Å². The highest BCUT2D eigenvalue weighted by atomic mass is 35.5. The Labute approximate surface area is 119 Å². The lowest BCUT2D eigenvalue weighted by Gasteiger charge is -2.18. The van der Waals surface area contributed by atoms with Gasteiger partial charge in [-0.25, -0.2) is 0 Å². The first-order valence-corrected chi connectivity index (χ1v) is 6.67. The third-order valence-corrected chi connectivity index (χ3v) is 3.58. The second kappa shape index (κ2) is 5.54. The van der Waals surface area contributed by atoms with E-state index in [9.17, 15) is 5.11 Å². The Morgan fingerprint density at radius 1 is 1.05 bits per heavy atom. The molecule has 0 saturated heterocycles. The zero-order chi connectivity index (χ0) is 14.0. The third-order valence-electron chi connectivity index (χ3n) is 3.35. The van der Waals surface area contributed by atoms with Crippen LogP contribution in [0, 0.1) is 13.8 Å². The number of anilines is 1. The van der Waals surface area contributed by atoms with Crippen molar-refractivity contribution in [3.05, 3.63) is 58.1 Å². The van der Waals surface area contributed by atoms with E-state index in [1.807, 2.05) is 13.0 Å². The van der Waals surface area contributed by atoms with Gasteiger partial charge in [-0.2, -0.15) is 0 Å². The summed E-state index contributed by atoms with van der Waals surface area (Å²) >= 11 is 5.97. The molecular weight excluding hydrogens is 258 g/mol. The predicted octanol–water partition coefficient (Wildman–Crippen LogP) is 4.84. The molecule has 0 radical (unpaired) electrons. The zero-order valence-electron chi connectivity index (χ0n) is 11.4. The van der Waals surface area contributed by atoms with Gasteiger partial charge in [0, 0.05) is 16.3 Å². The lowest BCUT2D eigenvalue weighted by atomic mass is 10.1. The molecule has 19 heavy (non-hydrogen) atoms. The molecule has 0 spiro atoms. The third kappa shape index (κ3) is 3.21. The fraction of sp³-hybridized carbons (Fsp3) is 0.250. The van der Waals surface area contributed by atoms with Gasteiger partial charge in [0.15, 0.2) is 0 Å². The molecule has 2 N–H and O–H groups in total. The molecule has 2 aromatic carbocycles. The first-order chi connectivity index (χ1) is 8.97. The number of aryl methyl sites for hydroxylation is 2. The summed E-state index contributed by atoms with van der Waals surface area (Å²) in [5, 5.41) is 13.9. The second-order valence-electron chi connectivity index (χ2n) is 4.87. The van der Waals surface area contributed by atoms with Crippen molar-refractivity contribution >= 4 is 17.3 Å². The lowest BCUT2D eigenvalue weighted by Crippen LogP contribution is -2.07. The van der Waals surface area contributed by atoms with Crippen LogP contribution in [0.3, 0.4) is 0 Å². The fourth-order valence-corrected chi connectivity index (χ4v) is 2.21. The van der Waals surface area contributed by atoms with Crippen molar-refractivity contribution in [1.29, 1.82) is 0 Å². The van der Waals surface area contributed by atoms with Crippen LogP contribution in [0.4, 0.5) is 5.69 Å². The largest absolute Gasteiger partial charge is 0.508 e. The van der Waals surface area contributed by atoms with Gasteiger partial charge in [0.2, 0.25) is 0 Å². The Kier molecular flexibility index (Phi) is 4.01. The number of phenols is 1. The van der Waals surface area contributed by atoms with Crippen molar-refractivity contribution in [1.82, 2.24) is 0 Å². The Bertz CT molecular complexity index is 595. The van der Waals surface area contributed by atoms with Crippen LogP contribution in [0.2, 0.25) is 5.02 Å². The first kappa shape index (κ1) is 13.8. The molecule has 100 valence electrons. The van der Waals surface area contributed by atoms with E-state index < -0.39 is 0 Å². The van der Waals surface area contributed by atoms with Crippen molar-refractivity contribution in [2.45, 2.75) is 26.8 Å². The van der Waals surface area contributed by atoms with E-state index in [-0.39, 0.29) is 11.8 Å². The normalized spacial score (nSPS) is 12.2. The van der Waals surface area contributed by atoms with E-state index in [4.69, 9.17) is 11.6 Å². The van der Waals surface area contributed by atoms with Gasteiger partial charge in [-0.1, -0.05) is 17.7 Å². The minimum absolute atomic E-state index is 0.0131. The van der Waals surface area contributed by atoms with Crippen LogP contribution in [-0.2, 0) is 0 Å². The highest BCUT2D eigenvalue weighted by Crippen LogP contribution is 2.29. The van der Waals surface area contributed by atoms with Crippen LogP contribution in [-0.4, -0.2) is 5.11 Å². The van der Waals surface area contributed by atoms with Gasteiger partial charge in [-0.3, -0.25) is 0 Å². The maximum absolute atomic E-state index is 9.88. The fourth-order valence-electron chi connectivity index (χ4n) is 2.03. The van der Waals surface area contributed by atoms with Crippen LogP contribution in [0.25, 0.3) is 0 Å². The van der Waals surface area contributed by atoms with Crippen LogP contribution >= 0.6 is 11.6 Å². The van der Waals surface area contributed by atoms with Gasteiger partial charge in [0.25, 0.3) is 0 Å². The molecular formula is C16H18ClNO. The SMILES string of the molecule is Cc1ccc(N[C@@H](C)c2cc(Cl)ccc2O)cc1C. The van der Waals surface area contributed by atoms with Gasteiger partial charge >= 0.3 is 0 Å². The summed E-state index contributed by atoms with van der Waals surface area (Å²) in [6, 6.07) is 11.3. The Morgan fingerprint density at radius 3 is 2.47 bits per heavy atom. The van der Waals surface area contributed by atoms with E-state index in [2.05, 4.69) is 31.3 Å². The molecule has 1 atom stereocenters. The molecule has 0 aliphatic carbocycles. The monoisotopic (exact) mass is 275 g/mol. The van der Waals surface area contributed by atoms with Crippen LogP contribution in [0.15, 0.2) is 36.4 Å². The van der Waals surface area contributed by atoms with E-state index in [1.54, 1.807) is 18.2 Å². The van der Waals surface area contributed by atoms with Gasteiger partial charge < -0.3 is 10.4 Å². The smallest absolute Gasteiger partial charge is 0.120 e. The average Bonchev–Trinajstić information content (AvgIpc) is 2.36. The number of hydrogen-bond acceptors (Lipinski definition) is 2. The predicted molar refractivity (Wildman–Crippen MR) is 81.1 cm³/mol. The summed E-state index contributed by atoms with van der Waals surface area (Å²) < 4.78 is 0. The highest BCUT2D eigenvalue weighted by molar-refractivity contribution is 6.30. The summed E-state index contributed by atoms with van der Waals surface area (Å²) in [4.78, 5) is 0. The van der Waals surface area contributed by atoms with Gasteiger partial charge in [0.1, 0.15) is 5.75 Å². The van der Waals surface area contributed by atoms with Gasteiger partial charge in [0.05, 0.1) is 6.04 Å². The van der Waals surface area contributed by atoms with Crippen LogP contribution < -0.4 is 5.32 Å². The number of rotatable bonds is 3. The number of aromatic hydroxyl groups is 1. The number of nitrogens with one attached hydrogen (secondary N) is 1. The molecule has 0 saturated carbocycles. The minimum atomic E-state index is -0.0131. The van der Waals surface area contributed by atoms with Crippen LogP contribution in [0.1, 0.15) is 29.7 Å². The van der Waals surface area contributed by atoms with Crippen molar-refractivity contribution in [2.75, 3.05) is 5.32 Å². The lowest BCUT2D eigenvalue weighted by molar-refractivity contribution is 0.465. The standard InChI is InChI=1S/C16H18ClNO/c1-10-4-6-14(8-11(10)2)18-12(3)15-9-13(17)5-7-16(15)19/h4-9,12,18-19H,1-3H3/t12-/m0/s1. The number of hydrogen-bond donors (Lipinski definition) is 2. The second-order valence-corrected chi connectivity index (χ2v) is 5.30. The van der Waals surface area contributed by atoms with Crippen LogP contribution in [0.5, 0.6) is 5.75 Å². The number of phenolic OH excluding ortho intramolecular Hbond substituents is 1. The van der Waals surface area contributed by atoms with Gasteiger partial charge in [-0.15, -0.1) is 0 Å². The summed E-state index contributed by atoms with van der Waals surface area (Å²) in [7, 11) is 0. The molecule has 0 fully saturated rings. The average molecular weight is 276 g/mol. The number of halogens is 1. The van der Waals surface area contributed by atoms with E-state index in [0.29, 0.717) is 5.02 Å². The number of benzene rings is 2. The summed E-state index contributed by atoms with van der Waals surface area (Å²) in [6.45, 7) is 6.17. The molecule has 0 bridgehead atoms. The van der Waals surface area contributed by atoms with Gasteiger partial charge in [-0.05, 0) is 62.2 Å². The van der Waals surface area contributed by atoms with Crippen molar-refractivity contribution in [3.8, 4) is 5.75 Å². The Balaban J connectivity index is 2.22. The molecule has 0 heterocycles. The molecule has 0 unspecified atom stereocenters. The van der Waals surface area contributed by atoms with E-state index >= 15 is 0 Å². The molecule has 0 aromatic heterocycles. The van der Waals surface area contributed by atoms with E-state index in [1.165, 1.54) is 11.1 Å². The maximum Gasteiger partial charge on any atom is 0.120 e. The molecule has 2 nitrogen and oxygen atoms in total. The maximum atomic E-state index is 9.88. The minimum Gasteiger partial charge on any atom is -0.508 e. The molecule has 0 amide bonds. The first-order valence-electron chi connectivity index (χ1n) is 6.29. The summed E-state index contributed by atoms with van der Waals surface area (Å²) in [5.41, 5.74) is 4.34. The summed E-state index contributed by atoms with van der Waals surface area (Å²) in [6.07, 6.45) is 0. The summed E-state index contributed by atoms with van der Waals surface area (Å²) in [5.74, 6) is 0.258. The molecule has 0 aliphatic heterocycles. The zero-order valence-corrected chi connectivity index (χ0v) is 12.1.